The molecule has 0 spiro atoms. The maximum Gasteiger partial charge on any atom is 0.241 e. The van der Waals surface area contributed by atoms with Crippen LogP contribution in [0.3, 0.4) is 0 Å². The molecule has 0 saturated carbocycles. The lowest BCUT2D eigenvalue weighted by atomic mass is 10.1. The van der Waals surface area contributed by atoms with Crippen LogP contribution >= 0.6 is 11.3 Å². The van der Waals surface area contributed by atoms with E-state index in [0.717, 1.165) is 48.1 Å². The molecule has 1 aliphatic heterocycles. The van der Waals surface area contributed by atoms with Crippen LogP contribution in [0.2, 0.25) is 0 Å². The Hall–Kier alpha value is -1.92. The van der Waals surface area contributed by atoms with E-state index in [-0.39, 0.29) is 11.9 Å². The van der Waals surface area contributed by atoms with Gasteiger partial charge in [0, 0.05) is 43.4 Å². The summed E-state index contributed by atoms with van der Waals surface area (Å²) in [6.45, 7) is 9.62. The Labute approximate surface area is 147 Å². The summed E-state index contributed by atoms with van der Waals surface area (Å²) in [6.07, 6.45) is 1.84. The van der Waals surface area contributed by atoms with Gasteiger partial charge in [-0.2, -0.15) is 0 Å². The number of thiazole rings is 1. The van der Waals surface area contributed by atoms with E-state index >= 15 is 0 Å². The Balaban J connectivity index is 1.57. The van der Waals surface area contributed by atoms with E-state index in [1.807, 2.05) is 44.5 Å². The molecule has 24 heavy (non-hydrogen) atoms. The lowest BCUT2D eigenvalue weighted by Gasteiger charge is -2.37. The molecule has 1 aromatic heterocycles. The first-order valence-corrected chi connectivity index (χ1v) is 9.19. The summed E-state index contributed by atoms with van der Waals surface area (Å²) in [7, 11) is 0. The first-order valence-electron chi connectivity index (χ1n) is 8.31. The molecular weight excluding hydrogens is 320 g/mol. The fourth-order valence-corrected chi connectivity index (χ4v) is 3.64. The van der Waals surface area contributed by atoms with Gasteiger partial charge in [-0.25, -0.2) is 4.98 Å². The lowest BCUT2D eigenvalue weighted by Crippen LogP contribution is -2.52. The minimum atomic E-state index is -0.136. The number of hydrogen-bond acceptors (Lipinski definition) is 5. The van der Waals surface area contributed by atoms with Crippen molar-refractivity contribution < 1.29 is 4.79 Å². The predicted octanol–water partition coefficient (Wildman–Crippen LogP) is 2.91. The third kappa shape index (κ3) is 3.76. The minimum absolute atomic E-state index is 0.0615. The first-order chi connectivity index (χ1) is 11.5. The smallest absolute Gasteiger partial charge is 0.241 e. The highest BCUT2D eigenvalue weighted by molar-refractivity contribution is 7.13. The molecule has 1 N–H and O–H groups in total. The average molecular weight is 344 g/mol. The lowest BCUT2D eigenvalue weighted by molar-refractivity contribution is -0.120. The molecule has 0 radical (unpaired) electrons. The van der Waals surface area contributed by atoms with Crippen LogP contribution in [-0.2, 0) is 4.79 Å². The standard InChI is InChI=1S/C18H24N4OS/c1-13-4-5-14(2)16(12-13)20-17(23)15(3)21-7-9-22(10-8-21)18-19-6-11-24-18/h4-6,11-12,15H,7-10H2,1-3H3,(H,20,23). The third-order valence-electron chi connectivity index (χ3n) is 4.58. The molecule has 1 unspecified atom stereocenters. The molecule has 1 atom stereocenters. The molecule has 0 aliphatic carbocycles. The second-order valence-electron chi connectivity index (χ2n) is 6.32. The molecule has 1 saturated heterocycles. The largest absolute Gasteiger partial charge is 0.346 e. The second kappa shape index (κ2) is 7.32. The van der Waals surface area contributed by atoms with E-state index in [1.165, 1.54) is 0 Å². The number of anilines is 2. The second-order valence-corrected chi connectivity index (χ2v) is 7.19. The Kier molecular flexibility index (Phi) is 5.16. The van der Waals surface area contributed by atoms with Gasteiger partial charge in [0.1, 0.15) is 0 Å². The van der Waals surface area contributed by atoms with Crippen LogP contribution in [0.15, 0.2) is 29.8 Å². The Bertz CT molecular complexity index is 693. The van der Waals surface area contributed by atoms with Gasteiger partial charge in [-0.3, -0.25) is 9.69 Å². The molecule has 1 aliphatic rings. The molecule has 5 nitrogen and oxygen atoms in total. The van der Waals surface area contributed by atoms with Gasteiger partial charge >= 0.3 is 0 Å². The number of nitrogens with one attached hydrogen (secondary N) is 1. The molecule has 128 valence electrons. The van der Waals surface area contributed by atoms with Crippen molar-refractivity contribution in [2.24, 2.45) is 0 Å². The number of piperazine rings is 1. The summed E-state index contributed by atoms with van der Waals surface area (Å²) >= 11 is 1.67. The van der Waals surface area contributed by atoms with Crippen LogP contribution < -0.4 is 10.2 Å². The number of rotatable bonds is 4. The van der Waals surface area contributed by atoms with Crippen molar-refractivity contribution in [2.45, 2.75) is 26.8 Å². The topological polar surface area (TPSA) is 48.5 Å². The molecule has 3 rings (SSSR count). The molecule has 1 amide bonds. The van der Waals surface area contributed by atoms with Crippen LogP contribution in [0, 0.1) is 13.8 Å². The SMILES string of the molecule is Cc1ccc(C)c(NC(=O)C(C)N2CCN(c3nccs3)CC2)c1. The number of nitrogens with zero attached hydrogens (tertiary/aromatic N) is 3. The zero-order chi connectivity index (χ0) is 17.1. The zero-order valence-electron chi connectivity index (χ0n) is 14.5. The number of hydrogen-bond donors (Lipinski definition) is 1. The summed E-state index contributed by atoms with van der Waals surface area (Å²) in [5.74, 6) is 0.0615. The summed E-state index contributed by atoms with van der Waals surface area (Å²) in [5.41, 5.74) is 3.16. The van der Waals surface area contributed by atoms with Crippen molar-refractivity contribution >= 4 is 28.1 Å². The van der Waals surface area contributed by atoms with Crippen LogP contribution in [0.25, 0.3) is 0 Å². The van der Waals surface area contributed by atoms with E-state index in [0.29, 0.717) is 0 Å². The molecule has 2 aromatic rings. The highest BCUT2D eigenvalue weighted by Gasteiger charge is 2.26. The Morgan fingerprint density at radius 2 is 2.00 bits per heavy atom. The number of amides is 1. The third-order valence-corrected chi connectivity index (χ3v) is 5.41. The molecule has 1 aromatic carbocycles. The van der Waals surface area contributed by atoms with Crippen LogP contribution in [0.4, 0.5) is 10.8 Å². The highest BCUT2D eigenvalue weighted by Crippen LogP contribution is 2.21. The van der Waals surface area contributed by atoms with Gasteiger partial charge in [0.25, 0.3) is 0 Å². The quantitative estimate of drug-likeness (QED) is 0.926. The van der Waals surface area contributed by atoms with E-state index in [1.54, 1.807) is 11.3 Å². The summed E-state index contributed by atoms with van der Waals surface area (Å²) in [4.78, 5) is 21.5. The van der Waals surface area contributed by atoms with Gasteiger partial charge in [-0.05, 0) is 38.0 Å². The van der Waals surface area contributed by atoms with Crippen molar-refractivity contribution in [3.8, 4) is 0 Å². The number of carbonyl (C=O) groups excluding carboxylic acids is 1. The van der Waals surface area contributed by atoms with E-state index in [2.05, 4.69) is 26.2 Å². The number of aromatic nitrogens is 1. The average Bonchev–Trinajstić information content (AvgIpc) is 3.12. The minimum Gasteiger partial charge on any atom is -0.346 e. The number of carbonyl (C=O) groups is 1. The summed E-state index contributed by atoms with van der Waals surface area (Å²) < 4.78 is 0. The van der Waals surface area contributed by atoms with Gasteiger partial charge < -0.3 is 10.2 Å². The predicted molar refractivity (Wildman–Crippen MR) is 99.9 cm³/mol. The maximum atomic E-state index is 12.6. The van der Waals surface area contributed by atoms with E-state index in [9.17, 15) is 4.79 Å². The molecule has 6 heteroatoms. The van der Waals surface area contributed by atoms with Crippen LogP contribution in [0.1, 0.15) is 18.1 Å². The monoisotopic (exact) mass is 344 g/mol. The number of aryl methyl sites for hydroxylation is 2. The fraction of sp³-hybridized carbons (Fsp3) is 0.444. The van der Waals surface area contributed by atoms with E-state index in [4.69, 9.17) is 0 Å². The maximum absolute atomic E-state index is 12.6. The van der Waals surface area contributed by atoms with Crippen LogP contribution in [0.5, 0.6) is 0 Å². The van der Waals surface area contributed by atoms with Crippen molar-refractivity contribution in [1.29, 1.82) is 0 Å². The molecule has 2 heterocycles. The Morgan fingerprint density at radius 3 is 2.67 bits per heavy atom. The van der Waals surface area contributed by atoms with Crippen molar-refractivity contribution in [1.82, 2.24) is 9.88 Å². The summed E-state index contributed by atoms with van der Waals surface area (Å²) in [5, 5.41) is 6.16. The summed E-state index contributed by atoms with van der Waals surface area (Å²) in [6, 6.07) is 6.00. The van der Waals surface area contributed by atoms with E-state index < -0.39 is 0 Å². The van der Waals surface area contributed by atoms with Gasteiger partial charge in [-0.1, -0.05) is 12.1 Å². The fourth-order valence-electron chi connectivity index (χ4n) is 2.95. The van der Waals surface area contributed by atoms with Gasteiger partial charge in [0.05, 0.1) is 6.04 Å². The zero-order valence-corrected chi connectivity index (χ0v) is 15.3. The number of benzene rings is 1. The highest BCUT2D eigenvalue weighted by atomic mass is 32.1. The van der Waals surface area contributed by atoms with Gasteiger partial charge in [-0.15, -0.1) is 11.3 Å². The normalized spacial score (nSPS) is 16.9. The first kappa shape index (κ1) is 16.9. The van der Waals surface area contributed by atoms with Crippen molar-refractivity contribution in [3.63, 3.8) is 0 Å². The van der Waals surface area contributed by atoms with Crippen molar-refractivity contribution in [3.05, 3.63) is 40.9 Å². The molecule has 0 bridgehead atoms. The molecular formula is C18H24N4OS. The van der Waals surface area contributed by atoms with Crippen molar-refractivity contribution in [2.75, 3.05) is 36.4 Å². The Morgan fingerprint density at radius 1 is 1.25 bits per heavy atom. The van der Waals surface area contributed by atoms with Crippen LogP contribution in [-0.4, -0.2) is 48.0 Å². The van der Waals surface area contributed by atoms with Gasteiger partial charge in [0.2, 0.25) is 5.91 Å². The molecule has 1 fully saturated rings. The van der Waals surface area contributed by atoms with Gasteiger partial charge in [0.15, 0.2) is 5.13 Å².